The van der Waals surface area contributed by atoms with Gasteiger partial charge in [0.05, 0.1) is 49.0 Å². The number of hydrogen-bond acceptors (Lipinski definition) is 6. The number of ether oxygens (including phenoxy) is 3. The Balaban J connectivity index is 1.21. The Morgan fingerprint density at radius 2 is 1.91 bits per heavy atom. The summed E-state index contributed by atoms with van der Waals surface area (Å²) in [5, 5.41) is 3.90. The van der Waals surface area contributed by atoms with E-state index < -0.39 is 18.2 Å². The Labute approximate surface area is 252 Å². The van der Waals surface area contributed by atoms with Crippen LogP contribution in [0.1, 0.15) is 39.6 Å². The van der Waals surface area contributed by atoms with Crippen LogP contribution in [0.5, 0.6) is 11.5 Å². The minimum absolute atomic E-state index is 0.00166. The monoisotopic (exact) mass is 607 g/mol. The predicted molar refractivity (Wildman–Crippen MR) is 161 cm³/mol. The van der Waals surface area contributed by atoms with Crippen molar-refractivity contribution in [3.05, 3.63) is 88.6 Å². The van der Waals surface area contributed by atoms with Crippen LogP contribution in [-0.4, -0.2) is 66.7 Å². The lowest BCUT2D eigenvalue weighted by Gasteiger charge is -2.25. The van der Waals surface area contributed by atoms with Crippen molar-refractivity contribution >= 4 is 46.0 Å². The molecule has 1 aliphatic rings. The average Bonchev–Trinajstić information content (AvgIpc) is 3.60. The molecule has 224 valence electrons. The largest absolute Gasteiger partial charge is 0.496 e. The molecule has 1 saturated heterocycles. The van der Waals surface area contributed by atoms with Crippen molar-refractivity contribution in [2.75, 3.05) is 32.2 Å². The van der Waals surface area contributed by atoms with Crippen LogP contribution in [0.3, 0.4) is 0 Å². The molecule has 0 bridgehead atoms. The first-order valence-corrected chi connectivity index (χ1v) is 14.2. The number of H-pyrrole nitrogens is 1. The predicted octanol–water partition coefficient (Wildman–Crippen LogP) is 5.82. The van der Waals surface area contributed by atoms with Gasteiger partial charge >= 0.3 is 5.97 Å². The molecule has 2 heterocycles. The van der Waals surface area contributed by atoms with Crippen LogP contribution in [0, 0.1) is 0 Å². The normalized spacial score (nSPS) is 16.2. The molecule has 3 aromatic carbocycles. The lowest BCUT2D eigenvalue weighted by Crippen LogP contribution is -2.40. The van der Waals surface area contributed by atoms with E-state index in [1.54, 1.807) is 43.5 Å². The number of nitrogens with zero attached hydrogens (tertiary/aromatic N) is 1. The number of nitrogens with one attached hydrogen (secondary N) is 2. The molecule has 0 radical (unpaired) electrons. The molecule has 2 amide bonds. The van der Waals surface area contributed by atoms with Gasteiger partial charge in [0, 0.05) is 29.6 Å². The van der Waals surface area contributed by atoms with Gasteiger partial charge in [0.2, 0.25) is 5.91 Å². The van der Waals surface area contributed by atoms with Crippen molar-refractivity contribution in [2.45, 2.75) is 32.0 Å². The number of carbonyl (C=O) groups is 3. The van der Waals surface area contributed by atoms with Gasteiger partial charge in [0.15, 0.2) is 0 Å². The lowest BCUT2D eigenvalue weighted by molar-refractivity contribution is -0.132. The second kappa shape index (κ2) is 13.2. The van der Waals surface area contributed by atoms with E-state index in [0.717, 1.165) is 10.9 Å². The van der Waals surface area contributed by atoms with Crippen LogP contribution in [0.25, 0.3) is 10.9 Å². The fraction of sp³-hybridized carbons (Fsp3) is 0.281. The third-order valence-corrected chi connectivity index (χ3v) is 7.58. The quantitative estimate of drug-likeness (QED) is 0.220. The van der Waals surface area contributed by atoms with Crippen molar-refractivity contribution in [1.29, 1.82) is 0 Å². The van der Waals surface area contributed by atoms with E-state index in [2.05, 4.69) is 10.3 Å². The van der Waals surface area contributed by atoms with Crippen LogP contribution in [0.4, 0.5) is 10.1 Å². The van der Waals surface area contributed by atoms with Crippen molar-refractivity contribution in [3.63, 3.8) is 0 Å². The molecular formula is C32H31ClFN3O6. The van der Waals surface area contributed by atoms with Crippen LogP contribution in [0.2, 0.25) is 5.02 Å². The van der Waals surface area contributed by atoms with E-state index in [-0.39, 0.29) is 60.8 Å². The maximum atomic E-state index is 14.4. The van der Waals surface area contributed by atoms with Crippen LogP contribution < -0.4 is 14.8 Å². The summed E-state index contributed by atoms with van der Waals surface area (Å²) in [5.74, 6) is -0.391. The number of anilines is 1. The lowest BCUT2D eigenvalue weighted by atomic mass is 10.1. The van der Waals surface area contributed by atoms with E-state index in [1.165, 1.54) is 18.1 Å². The first-order valence-electron chi connectivity index (χ1n) is 13.8. The molecular weight excluding hydrogens is 577 g/mol. The molecule has 1 aliphatic heterocycles. The molecule has 43 heavy (non-hydrogen) atoms. The Kier molecular flexibility index (Phi) is 9.16. The maximum Gasteiger partial charge on any atom is 0.341 e. The number of likely N-dealkylation sites (tertiary alicyclic amines) is 1. The number of methoxy groups -OCH3 is 1. The van der Waals surface area contributed by atoms with Crippen molar-refractivity contribution in [1.82, 2.24) is 9.88 Å². The number of para-hydroxylation sites is 1. The van der Waals surface area contributed by atoms with E-state index in [0.29, 0.717) is 22.6 Å². The fourth-order valence-electron chi connectivity index (χ4n) is 5.15. The summed E-state index contributed by atoms with van der Waals surface area (Å²) in [5.41, 5.74) is 2.64. The highest BCUT2D eigenvalue weighted by Crippen LogP contribution is 2.29. The van der Waals surface area contributed by atoms with Gasteiger partial charge in [-0.2, -0.15) is 0 Å². The molecule has 4 aromatic rings. The van der Waals surface area contributed by atoms with Gasteiger partial charge in [-0.15, -0.1) is 0 Å². The van der Waals surface area contributed by atoms with Crippen LogP contribution >= 0.6 is 11.6 Å². The molecule has 2 atom stereocenters. The molecule has 0 spiro atoms. The molecule has 1 fully saturated rings. The minimum atomic E-state index is -1.18. The van der Waals surface area contributed by atoms with E-state index in [9.17, 15) is 18.8 Å². The molecule has 0 saturated carbocycles. The minimum Gasteiger partial charge on any atom is -0.496 e. The summed E-state index contributed by atoms with van der Waals surface area (Å²) in [4.78, 5) is 42.8. The number of halogens is 2. The number of hydrogen-bond donors (Lipinski definition) is 2. The number of esters is 1. The average molecular weight is 608 g/mol. The first-order chi connectivity index (χ1) is 20.8. The standard InChI is InChI=1S/C32H31ClFN3O6/c1-3-42-32(40)24-10-9-22(15-29(24)41-2)43-18-21-14-20(34)17-37(21)30(38)13-19-8-11-28(26(33)12-19)36-31(39)25-16-35-27-7-5-4-6-23(25)27/h4-12,15-16,20-21,35H,3,13-14,17-18H2,1-2H3,(H,36,39). The number of carbonyl (C=O) groups excluding carboxylic acids is 3. The first kappa shape index (κ1) is 29.9. The van der Waals surface area contributed by atoms with Gasteiger partial charge in [0.1, 0.15) is 29.8 Å². The van der Waals surface area contributed by atoms with E-state index >= 15 is 0 Å². The van der Waals surface area contributed by atoms with E-state index in [4.69, 9.17) is 25.8 Å². The van der Waals surface area contributed by atoms with Gasteiger partial charge in [-0.3, -0.25) is 9.59 Å². The number of aromatic nitrogens is 1. The van der Waals surface area contributed by atoms with Crippen molar-refractivity contribution in [2.24, 2.45) is 0 Å². The van der Waals surface area contributed by atoms with Crippen LogP contribution in [0.15, 0.2) is 66.9 Å². The third-order valence-electron chi connectivity index (χ3n) is 7.27. The number of fused-ring (bicyclic) bond motifs is 1. The van der Waals surface area contributed by atoms with Crippen molar-refractivity contribution in [3.8, 4) is 11.5 Å². The summed E-state index contributed by atoms with van der Waals surface area (Å²) in [6.07, 6.45) is 0.610. The summed E-state index contributed by atoms with van der Waals surface area (Å²) in [6, 6.07) is 16.7. The third kappa shape index (κ3) is 6.75. The Morgan fingerprint density at radius 1 is 1.09 bits per heavy atom. The zero-order valence-corrected chi connectivity index (χ0v) is 24.4. The molecule has 1 aromatic heterocycles. The SMILES string of the molecule is CCOC(=O)c1ccc(OCC2CC(F)CN2C(=O)Cc2ccc(NC(=O)c3c[nH]c4ccccc34)c(Cl)c2)cc1OC. The Morgan fingerprint density at radius 3 is 2.67 bits per heavy atom. The molecule has 0 aliphatic carbocycles. The van der Waals surface area contributed by atoms with Gasteiger partial charge in [-0.05, 0) is 42.8 Å². The summed E-state index contributed by atoms with van der Waals surface area (Å²) in [7, 11) is 1.43. The number of amides is 2. The number of aromatic amines is 1. The Bertz CT molecular complexity index is 1660. The highest BCUT2D eigenvalue weighted by molar-refractivity contribution is 6.34. The molecule has 2 unspecified atom stereocenters. The number of alkyl halides is 1. The zero-order chi connectivity index (χ0) is 30.5. The van der Waals surface area contributed by atoms with Gasteiger partial charge < -0.3 is 29.4 Å². The molecule has 11 heteroatoms. The van der Waals surface area contributed by atoms with Gasteiger partial charge in [-0.1, -0.05) is 35.9 Å². The summed E-state index contributed by atoms with van der Waals surface area (Å²) >= 11 is 6.47. The van der Waals surface area contributed by atoms with E-state index in [1.807, 2.05) is 24.3 Å². The highest BCUT2D eigenvalue weighted by Gasteiger charge is 2.36. The number of rotatable bonds is 10. The zero-order valence-electron chi connectivity index (χ0n) is 23.7. The summed E-state index contributed by atoms with van der Waals surface area (Å²) in [6.45, 7) is 1.97. The van der Waals surface area contributed by atoms with Crippen molar-refractivity contribution < 1.29 is 33.0 Å². The smallest absolute Gasteiger partial charge is 0.341 e. The van der Waals surface area contributed by atoms with Crippen LogP contribution in [-0.2, 0) is 16.0 Å². The molecule has 5 rings (SSSR count). The fourth-order valence-corrected chi connectivity index (χ4v) is 5.40. The number of benzene rings is 3. The molecule has 2 N–H and O–H groups in total. The van der Waals surface area contributed by atoms with Gasteiger partial charge in [-0.25, -0.2) is 9.18 Å². The topological polar surface area (TPSA) is 110 Å². The summed E-state index contributed by atoms with van der Waals surface area (Å²) < 4.78 is 30.7. The maximum absolute atomic E-state index is 14.4. The molecule has 9 nitrogen and oxygen atoms in total. The Hall–Kier alpha value is -4.57. The highest BCUT2D eigenvalue weighted by atomic mass is 35.5. The van der Waals surface area contributed by atoms with Gasteiger partial charge in [0.25, 0.3) is 5.91 Å². The second-order valence-electron chi connectivity index (χ2n) is 10.1. The second-order valence-corrected chi connectivity index (χ2v) is 10.5.